The quantitative estimate of drug-likeness (QED) is 0.610. The van der Waals surface area contributed by atoms with Gasteiger partial charge in [-0.3, -0.25) is 9.78 Å². The summed E-state index contributed by atoms with van der Waals surface area (Å²) in [6, 6.07) is 10.5. The van der Waals surface area contributed by atoms with Crippen LogP contribution in [0.4, 0.5) is 14.5 Å². The Bertz CT molecular complexity index is 1000. The summed E-state index contributed by atoms with van der Waals surface area (Å²) < 4.78 is 28.2. The number of carbonyl (C=O) groups excluding carboxylic acids is 1. The van der Waals surface area contributed by atoms with Crippen molar-refractivity contribution in [2.75, 3.05) is 5.32 Å². The van der Waals surface area contributed by atoms with E-state index in [0.717, 1.165) is 5.56 Å². The van der Waals surface area contributed by atoms with Crippen molar-refractivity contribution in [1.82, 2.24) is 9.97 Å². The second-order valence-corrected chi connectivity index (χ2v) is 6.81. The van der Waals surface area contributed by atoms with Crippen LogP contribution in [0.5, 0.6) is 0 Å². The number of alkyl halides is 1. The number of pyridine rings is 2. The number of anilines is 1. The van der Waals surface area contributed by atoms with Crippen molar-refractivity contribution in [2.45, 2.75) is 19.5 Å². The summed E-state index contributed by atoms with van der Waals surface area (Å²) in [6.45, 7) is 2.69. The van der Waals surface area contributed by atoms with Crippen molar-refractivity contribution < 1.29 is 13.6 Å². The zero-order valence-corrected chi connectivity index (χ0v) is 15.4. The molecule has 1 aromatic carbocycles. The predicted molar refractivity (Wildman–Crippen MR) is 101 cm³/mol. The first-order chi connectivity index (χ1) is 12.7. The molecule has 0 aliphatic heterocycles. The van der Waals surface area contributed by atoms with Crippen LogP contribution in [0.15, 0.2) is 54.9 Å². The summed E-state index contributed by atoms with van der Waals surface area (Å²) in [5.41, 5.74) is 0.0102. The van der Waals surface area contributed by atoms with Gasteiger partial charge in [-0.05, 0) is 61.4 Å². The van der Waals surface area contributed by atoms with Gasteiger partial charge in [-0.1, -0.05) is 17.7 Å². The normalized spacial score (nSPS) is 11.3. The van der Waals surface area contributed by atoms with E-state index in [1.165, 1.54) is 50.5 Å². The van der Waals surface area contributed by atoms with Gasteiger partial charge in [0.05, 0.1) is 11.4 Å². The third-order valence-electron chi connectivity index (χ3n) is 3.91. The van der Waals surface area contributed by atoms with Gasteiger partial charge in [0, 0.05) is 18.0 Å². The lowest BCUT2D eigenvalue weighted by atomic mass is 10.0. The van der Waals surface area contributed by atoms with Crippen molar-refractivity contribution >= 4 is 23.2 Å². The van der Waals surface area contributed by atoms with E-state index in [9.17, 15) is 13.6 Å². The van der Waals surface area contributed by atoms with Gasteiger partial charge in [-0.2, -0.15) is 0 Å². The second-order valence-electron chi connectivity index (χ2n) is 6.42. The third kappa shape index (κ3) is 4.46. The lowest BCUT2D eigenvalue weighted by Crippen LogP contribution is -2.17. The fourth-order valence-corrected chi connectivity index (χ4v) is 2.65. The molecule has 3 rings (SSSR count). The highest BCUT2D eigenvalue weighted by atomic mass is 35.5. The first kappa shape index (κ1) is 18.9. The minimum atomic E-state index is -1.69. The van der Waals surface area contributed by atoms with E-state index in [2.05, 4.69) is 15.3 Å². The SMILES string of the molecule is CC(C)(F)c1cc(C(=O)Nc2cc(-c3ccnc(Cl)c3)ccc2F)ccn1. The highest BCUT2D eigenvalue weighted by Crippen LogP contribution is 2.27. The summed E-state index contributed by atoms with van der Waals surface area (Å²) in [6.07, 6.45) is 2.88. The Hall–Kier alpha value is -2.86. The van der Waals surface area contributed by atoms with Crippen molar-refractivity contribution in [2.24, 2.45) is 0 Å². The van der Waals surface area contributed by atoms with E-state index >= 15 is 0 Å². The average Bonchev–Trinajstić information content (AvgIpc) is 2.63. The fraction of sp³-hybridized carbons (Fsp3) is 0.150. The maximum atomic E-state index is 14.2. The molecule has 0 saturated carbocycles. The molecule has 4 nitrogen and oxygen atoms in total. The molecule has 0 unspecified atom stereocenters. The van der Waals surface area contributed by atoms with Gasteiger partial charge < -0.3 is 5.32 Å². The van der Waals surface area contributed by atoms with Crippen molar-refractivity contribution in [3.63, 3.8) is 0 Å². The van der Waals surface area contributed by atoms with Gasteiger partial charge in [0.1, 0.15) is 16.6 Å². The van der Waals surface area contributed by atoms with Crippen molar-refractivity contribution in [3.05, 3.63) is 77.1 Å². The van der Waals surface area contributed by atoms with E-state index in [-0.39, 0.29) is 16.9 Å². The Morgan fingerprint density at radius 3 is 2.44 bits per heavy atom. The van der Waals surface area contributed by atoms with E-state index in [4.69, 9.17) is 11.6 Å². The number of aromatic nitrogens is 2. The Morgan fingerprint density at radius 2 is 1.74 bits per heavy atom. The number of halogens is 3. The molecule has 2 heterocycles. The molecular weight excluding hydrogens is 372 g/mol. The summed E-state index contributed by atoms with van der Waals surface area (Å²) in [5.74, 6) is -1.15. The number of hydrogen-bond donors (Lipinski definition) is 1. The van der Waals surface area contributed by atoms with Crippen LogP contribution >= 0.6 is 11.6 Å². The summed E-state index contributed by atoms with van der Waals surface area (Å²) in [7, 11) is 0. The summed E-state index contributed by atoms with van der Waals surface area (Å²) in [4.78, 5) is 20.3. The molecule has 0 saturated heterocycles. The fourth-order valence-electron chi connectivity index (χ4n) is 2.47. The van der Waals surface area contributed by atoms with Crippen molar-refractivity contribution in [3.8, 4) is 11.1 Å². The molecule has 0 fully saturated rings. The summed E-state index contributed by atoms with van der Waals surface area (Å²) >= 11 is 5.89. The molecule has 7 heteroatoms. The Labute approximate surface area is 160 Å². The largest absolute Gasteiger partial charge is 0.319 e. The summed E-state index contributed by atoms with van der Waals surface area (Å²) in [5, 5.41) is 2.82. The number of rotatable bonds is 4. The maximum absolute atomic E-state index is 14.2. The zero-order valence-electron chi connectivity index (χ0n) is 14.6. The van der Waals surface area contributed by atoms with E-state index < -0.39 is 17.4 Å². The predicted octanol–water partition coefficient (Wildman–Crippen LogP) is 5.39. The standard InChI is InChI=1S/C20H16ClF2N3O/c1-20(2,23)17-10-14(6-7-24-17)19(27)26-16-9-12(3-4-15(16)22)13-5-8-25-18(21)11-13/h3-11H,1-2H3,(H,26,27). The molecule has 2 aromatic heterocycles. The number of nitrogens with one attached hydrogen (secondary N) is 1. The Morgan fingerprint density at radius 1 is 1.04 bits per heavy atom. The first-order valence-corrected chi connectivity index (χ1v) is 8.50. The van der Waals surface area contributed by atoms with Gasteiger partial charge in [0.15, 0.2) is 0 Å². The number of carbonyl (C=O) groups is 1. The third-order valence-corrected chi connectivity index (χ3v) is 4.11. The molecule has 0 atom stereocenters. The van der Waals surface area contributed by atoms with E-state index in [1.54, 1.807) is 18.2 Å². The average molecular weight is 388 g/mol. The van der Waals surface area contributed by atoms with Crippen LogP contribution in [-0.4, -0.2) is 15.9 Å². The topological polar surface area (TPSA) is 54.9 Å². The highest BCUT2D eigenvalue weighted by molar-refractivity contribution is 6.29. The zero-order chi connectivity index (χ0) is 19.6. The molecule has 27 heavy (non-hydrogen) atoms. The van der Waals surface area contributed by atoms with Gasteiger partial charge in [0.25, 0.3) is 5.91 Å². The molecule has 0 radical (unpaired) electrons. The molecule has 0 aliphatic carbocycles. The van der Waals surface area contributed by atoms with Gasteiger partial charge in [-0.15, -0.1) is 0 Å². The lowest BCUT2D eigenvalue weighted by Gasteiger charge is -2.14. The van der Waals surface area contributed by atoms with E-state index in [1.807, 2.05) is 0 Å². The second kappa shape index (κ2) is 7.40. The van der Waals surface area contributed by atoms with Crippen LogP contribution < -0.4 is 5.32 Å². The Balaban J connectivity index is 1.89. The smallest absolute Gasteiger partial charge is 0.255 e. The van der Waals surface area contributed by atoms with Gasteiger partial charge in [-0.25, -0.2) is 13.8 Å². The van der Waals surface area contributed by atoms with Crippen LogP contribution in [-0.2, 0) is 5.67 Å². The van der Waals surface area contributed by atoms with Crippen LogP contribution in [0.25, 0.3) is 11.1 Å². The van der Waals surface area contributed by atoms with Crippen LogP contribution in [0.1, 0.15) is 29.9 Å². The van der Waals surface area contributed by atoms with Gasteiger partial charge in [0.2, 0.25) is 0 Å². The lowest BCUT2D eigenvalue weighted by molar-refractivity contribution is 0.102. The van der Waals surface area contributed by atoms with Crippen LogP contribution in [0.2, 0.25) is 5.15 Å². The molecule has 0 spiro atoms. The molecule has 138 valence electrons. The molecule has 1 amide bonds. The molecular formula is C20H16ClF2N3O. The van der Waals surface area contributed by atoms with Crippen molar-refractivity contribution in [1.29, 1.82) is 0 Å². The highest BCUT2D eigenvalue weighted by Gasteiger charge is 2.22. The van der Waals surface area contributed by atoms with E-state index in [0.29, 0.717) is 10.7 Å². The number of nitrogens with zero attached hydrogens (tertiary/aromatic N) is 2. The van der Waals surface area contributed by atoms with Crippen LogP contribution in [0, 0.1) is 5.82 Å². The molecule has 0 aliphatic rings. The minimum Gasteiger partial charge on any atom is -0.319 e. The number of hydrogen-bond acceptors (Lipinski definition) is 3. The minimum absolute atomic E-state index is 0.00306. The monoisotopic (exact) mass is 387 g/mol. The Kier molecular flexibility index (Phi) is 5.19. The first-order valence-electron chi connectivity index (χ1n) is 8.12. The van der Waals surface area contributed by atoms with Crippen LogP contribution in [0.3, 0.4) is 0 Å². The number of amides is 1. The molecule has 3 aromatic rings. The van der Waals surface area contributed by atoms with Gasteiger partial charge >= 0.3 is 0 Å². The number of benzene rings is 1. The molecule has 1 N–H and O–H groups in total. The molecule has 0 bridgehead atoms. The maximum Gasteiger partial charge on any atom is 0.255 e.